The summed E-state index contributed by atoms with van der Waals surface area (Å²) in [5, 5.41) is 1.19. The van der Waals surface area contributed by atoms with Gasteiger partial charge in [-0.1, -0.05) is 18.2 Å². The fourth-order valence-corrected chi connectivity index (χ4v) is 4.19. The van der Waals surface area contributed by atoms with Crippen LogP contribution in [-0.4, -0.2) is 42.6 Å². The van der Waals surface area contributed by atoms with E-state index in [-0.39, 0.29) is 24.3 Å². The first kappa shape index (κ1) is 13.6. The molecule has 0 radical (unpaired) electrons. The number of aromatic amines is 1. The molecule has 1 aromatic carbocycles. The molecular formula is C19H24N2O2. The third kappa shape index (κ3) is 2.65. The third-order valence-electron chi connectivity index (χ3n) is 5.31. The van der Waals surface area contributed by atoms with Crippen molar-refractivity contribution in [2.45, 2.75) is 31.6 Å². The van der Waals surface area contributed by atoms with Crippen LogP contribution >= 0.6 is 0 Å². The number of aromatic nitrogens is 1. The summed E-state index contributed by atoms with van der Waals surface area (Å²) in [7, 11) is 1.46. The van der Waals surface area contributed by atoms with E-state index in [9.17, 15) is 4.79 Å². The molecule has 4 heteroatoms. The summed E-state index contributed by atoms with van der Waals surface area (Å²) in [5.74, 6) is -0.262. The minimum absolute atomic E-state index is 0.186. The molecule has 1 fully saturated rings. The standard InChI is InChI=1S/C19H24N2O2/c1-23-19(22)16-11-13-5-4-9-21(12-13)10-8-15-14-6-2-3-7-17(14)20-18(15)16/h2-3,6-7,13,16,20H,4-5,8-12H2,1H3/t13-,16+/m0/s1/i12D/t12-,13-,16+. The summed E-state index contributed by atoms with van der Waals surface area (Å²) in [5.41, 5.74) is 3.31. The number of ether oxygens (including phenoxy) is 1. The van der Waals surface area contributed by atoms with Gasteiger partial charge in [0.1, 0.15) is 0 Å². The summed E-state index contributed by atoms with van der Waals surface area (Å²) < 4.78 is 13.7. The van der Waals surface area contributed by atoms with Crippen molar-refractivity contribution in [2.24, 2.45) is 5.92 Å². The van der Waals surface area contributed by atoms with E-state index in [1.54, 1.807) is 0 Å². The Morgan fingerprint density at radius 2 is 2.26 bits per heavy atom. The number of nitrogens with zero attached hydrogens (tertiary/aromatic N) is 1. The van der Waals surface area contributed by atoms with Crippen molar-refractivity contribution < 1.29 is 10.9 Å². The van der Waals surface area contributed by atoms with Crippen LogP contribution in [0.25, 0.3) is 10.9 Å². The first-order valence-electron chi connectivity index (χ1n) is 9.10. The molecule has 4 atom stereocenters. The van der Waals surface area contributed by atoms with Gasteiger partial charge >= 0.3 is 5.97 Å². The van der Waals surface area contributed by atoms with Crippen molar-refractivity contribution in [3.63, 3.8) is 0 Å². The minimum Gasteiger partial charge on any atom is -0.469 e. The molecule has 4 nitrogen and oxygen atoms in total. The zero-order valence-corrected chi connectivity index (χ0v) is 13.5. The maximum atomic E-state index is 12.5. The van der Waals surface area contributed by atoms with Crippen LogP contribution in [0.2, 0.25) is 0 Å². The lowest BCUT2D eigenvalue weighted by molar-refractivity contribution is -0.143. The highest BCUT2D eigenvalue weighted by molar-refractivity contribution is 5.88. The average molecular weight is 313 g/mol. The van der Waals surface area contributed by atoms with E-state index in [4.69, 9.17) is 6.11 Å². The van der Waals surface area contributed by atoms with Crippen LogP contribution in [0.3, 0.4) is 0 Å². The van der Waals surface area contributed by atoms with Crippen LogP contribution in [0.5, 0.6) is 0 Å². The molecule has 4 rings (SSSR count). The number of nitrogens with one attached hydrogen (secondary N) is 1. The van der Waals surface area contributed by atoms with Crippen LogP contribution in [0.4, 0.5) is 0 Å². The maximum absolute atomic E-state index is 12.5. The lowest BCUT2D eigenvalue weighted by Gasteiger charge is -2.32. The largest absolute Gasteiger partial charge is 0.469 e. The van der Waals surface area contributed by atoms with Gasteiger partial charge in [0.25, 0.3) is 0 Å². The van der Waals surface area contributed by atoms with E-state index in [1.165, 1.54) is 18.1 Å². The maximum Gasteiger partial charge on any atom is 0.314 e. The van der Waals surface area contributed by atoms with Gasteiger partial charge in [0.15, 0.2) is 0 Å². The number of para-hydroxylation sites is 1. The monoisotopic (exact) mass is 313 g/mol. The van der Waals surface area contributed by atoms with Crippen LogP contribution in [0.1, 0.15) is 37.8 Å². The topological polar surface area (TPSA) is 45.3 Å². The molecule has 2 aromatic rings. The third-order valence-corrected chi connectivity index (χ3v) is 5.31. The molecule has 1 unspecified atom stereocenters. The second-order valence-electron chi connectivity index (χ2n) is 6.71. The molecule has 2 aliphatic rings. The highest BCUT2D eigenvalue weighted by Crippen LogP contribution is 2.36. The molecular weight excluding hydrogens is 288 g/mol. The van der Waals surface area contributed by atoms with E-state index >= 15 is 0 Å². The Kier molecular flexibility index (Phi) is 3.55. The molecule has 2 aliphatic heterocycles. The van der Waals surface area contributed by atoms with Gasteiger partial charge in [-0.05, 0) is 49.8 Å². The Labute approximate surface area is 138 Å². The molecule has 23 heavy (non-hydrogen) atoms. The van der Waals surface area contributed by atoms with Crippen molar-refractivity contribution in [2.75, 3.05) is 26.7 Å². The molecule has 0 aliphatic carbocycles. The number of piperidine rings is 1. The van der Waals surface area contributed by atoms with E-state index < -0.39 is 0 Å². The van der Waals surface area contributed by atoms with Crippen molar-refractivity contribution in [1.82, 2.24) is 9.88 Å². The van der Waals surface area contributed by atoms with E-state index in [0.717, 1.165) is 43.6 Å². The van der Waals surface area contributed by atoms with E-state index in [0.29, 0.717) is 6.42 Å². The van der Waals surface area contributed by atoms with Crippen molar-refractivity contribution in [3.05, 3.63) is 35.5 Å². The smallest absolute Gasteiger partial charge is 0.314 e. The average Bonchev–Trinajstić information content (AvgIpc) is 2.97. The molecule has 3 heterocycles. The van der Waals surface area contributed by atoms with Crippen molar-refractivity contribution >= 4 is 16.9 Å². The summed E-state index contributed by atoms with van der Waals surface area (Å²) in [6, 6.07) is 8.25. The molecule has 2 bridgehead atoms. The quantitative estimate of drug-likeness (QED) is 0.823. The molecule has 0 saturated carbocycles. The van der Waals surface area contributed by atoms with Crippen LogP contribution in [0, 0.1) is 5.92 Å². The Hall–Kier alpha value is -1.81. The highest BCUT2D eigenvalue weighted by Gasteiger charge is 2.33. The number of rotatable bonds is 1. The number of carbonyl (C=O) groups excluding carboxylic acids is 1. The first-order chi connectivity index (χ1) is 11.7. The second kappa shape index (κ2) is 6.00. The Morgan fingerprint density at radius 3 is 3.13 bits per heavy atom. The molecule has 0 spiro atoms. The Bertz CT molecular complexity index is 757. The number of fused-ring (bicyclic) bond motifs is 5. The zero-order valence-electron chi connectivity index (χ0n) is 14.5. The van der Waals surface area contributed by atoms with Gasteiger partial charge in [-0.25, -0.2) is 0 Å². The summed E-state index contributed by atoms with van der Waals surface area (Å²) in [6.07, 6.45) is 3.70. The first-order valence-corrected chi connectivity index (χ1v) is 8.52. The van der Waals surface area contributed by atoms with Crippen LogP contribution in [-0.2, 0) is 16.0 Å². The van der Waals surface area contributed by atoms with Gasteiger partial charge in [-0.2, -0.15) is 0 Å². The number of esters is 1. The normalized spacial score (nSPS) is 31.4. The SMILES string of the molecule is [2H][C@H]1[C@H]2CCCN1CCc1c([nH]c3ccccc13)[C@H](C(=O)OC)C2. The fourth-order valence-electron chi connectivity index (χ4n) is 4.19. The number of H-pyrrole nitrogens is 1. The van der Waals surface area contributed by atoms with E-state index in [2.05, 4.69) is 22.0 Å². The molecule has 1 aromatic heterocycles. The number of carbonyl (C=O) groups is 1. The number of hydrogen-bond donors (Lipinski definition) is 1. The molecule has 0 amide bonds. The molecule has 1 saturated heterocycles. The summed E-state index contributed by atoms with van der Waals surface area (Å²) in [6.45, 7) is 1.67. The fraction of sp³-hybridized carbons (Fsp3) is 0.526. The van der Waals surface area contributed by atoms with Gasteiger partial charge in [0.05, 0.1) is 13.0 Å². The van der Waals surface area contributed by atoms with Crippen molar-refractivity contribution in [1.29, 1.82) is 0 Å². The van der Waals surface area contributed by atoms with Gasteiger partial charge in [0.2, 0.25) is 0 Å². The van der Waals surface area contributed by atoms with Gasteiger partial charge in [-0.15, -0.1) is 0 Å². The predicted molar refractivity (Wildman–Crippen MR) is 90.5 cm³/mol. The Balaban J connectivity index is 1.84. The minimum atomic E-state index is -0.298. The van der Waals surface area contributed by atoms with E-state index in [1.807, 2.05) is 12.1 Å². The predicted octanol–water partition coefficient (Wildman–Crippen LogP) is 3.08. The van der Waals surface area contributed by atoms with Gasteiger partial charge < -0.3 is 14.6 Å². The number of benzene rings is 1. The second-order valence-corrected chi connectivity index (χ2v) is 6.71. The zero-order chi connectivity index (χ0) is 16.7. The van der Waals surface area contributed by atoms with Gasteiger partial charge in [0, 0.05) is 31.0 Å². The Morgan fingerprint density at radius 1 is 1.39 bits per heavy atom. The van der Waals surface area contributed by atoms with Gasteiger partial charge in [-0.3, -0.25) is 4.79 Å². The number of hydrogen-bond acceptors (Lipinski definition) is 3. The lowest BCUT2D eigenvalue weighted by atomic mass is 9.86. The lowest BCUT2D eigenvalue weighted by Crippen LogP contribution is -2.36. The van der Waals surface area contributed by atoms with Crippen LogP contribution in [0.15, 0.2) is 24.3 Å². The van der Waals surface area contributed by atoms with Crippen LogP contribution < -0.4 is 0 Å². The molecule has 1 N–H and O–H groups in total. The van der Waals surface area contributed by atoms with Crippen molar-refractivity contribution in [3.8, 4) is 0 Å². The summed E-state index contributed by atoms with van der Waals surface area (Å²) in [4.78, 5) is 18.3. The number of methoxy groups -OCH3 is 1. The summed E-state index contributed by atoms with van der Waals surface area (Å²) >= 11 is 0. The molecule has 122 valence electrons. The highest BCUT2D eigenvalue weighted by atomic mass is 16.5.